The van der Waals surface area contributed by atoms with Crippen molar-refractivity contribution in [2.75, 3.05) is 10.5 Å². The number of benzene rings is 1. The summed E-state index contributed by atoms with van der Waals surface area (Å²) in [7, 11) is -3.69. The molecule has 1 aromatic carbocycles. The van der Waals surface area contributed by atoms with Crippen LogP contribution in [0.4, 0.5) is 11.4 Å². The zero-order chi connectivity index (χ0) is 14.8. The van der Waals surface area contributed by atoms with E-state index in [1.54, 1.807) is 6.92 Å². The molecule has 1 heterocycles. The van der Waals surface area contributed by atoms with Gasteiger partial charge >= 0.3 is 0 Å². The van der Waals surface area contributed by atoms with Crippen molar-refractivity contribution >= 4 is 21.4 Å². The minimum absolute atomic E-state index is 0.112. The minimum atomic E-state index is -3.69. The number of sulfonamides is 1. The Labute approximate surface area is 116 Å². The Morgan fingerprint density at radius 3 is 2.40 bits per heavy atom. The van der Waals surface area contributed by atoms with E-state index in [1.165, 1.54) is 47.2 Å². The fourth-order valence-corrected chi connectivity index (χ4v) is 2.74. The normalized spacial score (nSPS) is 11.2. The van der Waals surface area contributed by atoms with Gasteiger partial charge in [0.15, 0.2) is 0 Å². The number of nitrogens with one attached hydrogen (secondary N) is 1. The van der Waals surface area contributed by atoms with Crippen LogP contribution in [0.15, 0.2) is 52.3 Å². The van der Waals surface area contributed by atoms with Crippen LogP contribution in [0.2, 0.25) is 0 Å². The summed E-state index contributed by atoms with van der Waals surface area (Å²) in [6.07, 6.45) is 1.47. The van der Waals surface area contributed by atoms with E-state index in [1.807, 2.05) is 0 Å². The van der Waals surface area contributed by atoms with E-state index in [2.05, 4.69) is 4.72 Å². The van der Waals surface area contributed by atoms with Crippen LogP contribution >= 0.6 is 0 Å². The molecule has 0 aliphatic carbocycles. The molecule has 6 nitrogen and oxygen atoms in total. The van der Waals surface area contributed by atoms with E-state index in [9.17, 15) is 13.2 Å². The third-order valence-corrected chi connectivity index (χ3v) is 4.16. The van der Waals surface area contributed by atoms with Gasteiger partial charge in [-0.15, -0.1) is 0 Å². The van der Waals surface area contributed by atoms with Crippen LogP contribution < -0.4 is 16.0 Å². The molecule has 0 aliphatic rings. The highest BCUT2D eigenvalue weighted by Gasteiger charge is 2.14. The third-order valence-electron chi connectivity index (χ3n) is 2.77. The summed E-state index contributed by atoms with van der Waals surface area (Å²) in [5.41, 5.74) is 6.17. The van der Waals surface area contributed by atoms with Gasteiger partial charge in [-0.2, -0.15) is 0 Å². The second-order valence-electron chi connectivity index (χ2n) is 4.22. The van der Waals surface area contributed by atoms with Crippen LogP contribution in [0, 0.1) is 0 Å². The molecule has 0 bridgehead atoms. The van der Waals surface area contributed by atoms with E-state index < -0.39 is 10.0 Å². The molecule has 7 heteroatoms. The number of hydrogen-bond donors (Lipinski definition) is 2. The van der Waals surface area contributed by atoms with Crippen LogP contribution in [0.3, 0.4) is 0 Å². The number of nitrogen functional groups attached to an aromatic ring is 1. The second kappa shape index (κ2) is 5.38. The molecule has 0 fully saturated rings. The van der Waals surface area contributed by atoms with Crippen LogP contribution in [-0.2, 0) is 16.6 Å². The Bertz CT molecular complexity index is 764. The van der Waals surface area contributed by atoms with Crippen molar-refractivity contribution in [3.05, 3.63) is 52.9 Å². The summed E-state index contributed by atoms with van der Waals surface area (Å²) in [6.45, 7) is 2.27. The highest BCUT2D eigenvalue weighted by Crippen LogP contribution is 2.16. The van der Waals surface area contributed by atoms with E-state index in [0.29, 0.717) is 17.9 Å². The molecule has 0 unspecified atom stereocenters. The number of hydrogen-bond acceptors (Lipinski definition) is 4. The SMILES string of the molecule is CCn1cc(NS(=O)(=O)c2ccc(N)cc2)ccc1=O. The first-order chi connectivity index (χ1) is 9.42. The number of nitrogens with zero attached hydrogens (tertiary/aromatic N) is 1. The lowest BCUT2D eigenvalue weighted by molar-refractivity contribution is 0.601. The Morgan fingerprint density at radius 2 is 1.80 bits per heavy atom. The fourth-order valence-electron chi connectivity index (χ4n) is 1.70. The van der Waals surface area contributed by atoms with E-state index >= 15 is 0 Å². The maximum Gasteiger partial charge on any atom is 0.261 e. The minimum Gasteiger partial charge on any atom is -0.399 e. The lowest BCUT2D eigenvalue weighted by Gasteiger charge is -2.10. The van der Waals surface area contributed by atoms with Crippen molar-refractivity contribution in [3.8, 4) is 0 Å². The van der Waals surface area contributed by atoms with Crippen LogP contribution in [-0.4, -0.2) is 13.0 Å². The second-order valence-corrected chi connectivity index (χ2v) is 5.90. The van der Waals surface area contributed by atoms with Gasteiger partial charge in [-0.3, -0.25) is 9.52 Å². The highest BCUT2D eigenvalue weighted by atomic mass is 32.2. The molecule has 0 saturated heterocycles. The Kier molecular flexibility index (Phi) is 3.80. The van der Waals surface area contributed by atoms with Gasteiger partial charge in [0.1, 0.15) is 0 Å². The standard InChI is InChI=1S/C13H15N3O3S/c1-2-16-9-11(5-8-13(16)17)15-20(18,19)12-6-3-10(14)4-7-12/h3-9,15H,2,14H2,1H3. The van der Waals surface area contributed by atoms with Crippen molar-refractivity contribution < 1.29 is 8.42 Å². The molecule has 0 amide bonds. The van der Waals surface area contributed by atoms with Crippen LogP contribution in [0.1, 0.15) is 6.92 Å². The van der Waals surface area contributed by atoms with Crippen LogP contribution in [0.25, 0.3) is 0 Å². The molecular formula is C13H15N3O3S. The van der Waals surface area contributed by atoms with E-state index in [4.69, 9.17) is 5.73 Å². The summed E-state index contributed by atoms with van der Waals surface area (Å²) in [5.74, 6) is 0. The molecule has 0 radical (unpaired) electrons. The topological polar surface area (TPSA) is 94.2 Å². The average Bonchev–Trinajstić information content (AvgIpc) is 2.41. The predicted molar refractivity (Wildman–Crippen MR) is 78.0 cm³/mol. The van der Waals surface area contributed by atoms with Gasteiger partial charge in [-0.25, -0.2) is 8.42 Å². The monoisotopic (exact) mass is 293 g/mol. The number of aryl methyl sites for hydroxylation is 1. The molecule has 2 aromatic rings. The van der Waals surface area contributed by atoms with E-state index in [-0.39, 0.29) is 10.5 Å². The van der Waals surface area contributed by atoms with Gasteiger partial charge in [0.2, 0.25) is 0 Å². The Balaban J connectivity index is 2.33. The molecule has 0 spiro atoms. The molecular weight excluding hydrogens is 278 g/mol. The molecule has 1 aromatic heterocycles. The number of nitrogens with two attached hydrogens (primary N) is 1. The number of anilines is 2. The zero-order valence-electron chi connectivity index (χ0n) is 10.9. The van der Waals surface area contributed by atoms with Crippen molar-refractivity contribution in [2.45, 2.75) is 18.4 Å². The summed E-state index contributed by atoms with van der Waals surface area (Å²) in [4.78, 5) is 11.6. The average molecular weight is 293 g/mol. The molecule has 3 N–H and O–H groups in total. The van der Waals surface area contributed by atoms with Gasteiger partial charge in [0.25, 0.3) is 15.6 Å². The molecule has 2 rings (SSSR count). The molecule has 0 aliphatic heterocycles. The smallest absolute Gasteiger partial charge is 0.261 e. The quantitative estimate of drug-likeness (QED) is 0.829. The van der Waals surface area contributed by atoms with Crippen molar-refractivity contribution in [3.63, 3.8) is 0 Å². The maximum atomic E-state index is 12.2. The lowest BCUT2D eigenvalue weighted by Crippen LogP contribution is -2.20. The number of pyridine rings is 1. The van der Waals surface area contributed by atoms with E-state index in [0.717, 1.165) is 0 Å². The molecule has 20 heavy (non-hydrogen) atoms. The summed E-state index contributed by atoms with van der Waals surface area (Å²) in [6, 6.07) is 8.64. The number of aromatic nitrogens is 1. The van der Waals surface area contributed by atoms with Crippen LogP contribution in [0.5, 0.6) is 0 Å². The van der Waals surface area contributed by atoms with Gasteiger partial charge in [-0.05, 0) is 37.3 Å². The number of rotatable bonds is 4. The zero-order valence-corrected chi connectivity index (χ0v) is 11.7. The van der Waals surface area contributed by atoms with Gasteiger partial charge < -0.3 is 10.3 Å². The highest BCUT2D eigenvalue weighted by molar-refractivity contribution is 7.92. The molecule has 0 saturated carbocycles. The first kappa shape index (κ1) is 14.1. The van der Waals surface area contributed by atoms with Crippen molar-refractivity contribution in [1.29, 1.82) is 0 Å². The first-order valence-electron chi connectivity index (χ1n) is 6.01. The Morgan fingerprint density at radius 1 is 1.15 bits per heavy atom. The van der Waals surface area contributed by atoms with Gasteiger partial charge in [-0.1, -0.05) is 0 Å². The van der Waals surface area contributed by atoms with Gasteiger partial charge in [0, 0.05) is 24.5 Å². The fraction of sp³-hybridized carbons (Fsp3) is 0.154. The first-order valence-corrected chi connectivity index (χ1v) is 7.49. The molecule has 0 atom stereocenters. The summed E-state index contributed by atoms with van der Waals surface area (Å²) < 4.78 is 28.2. The maximum absolute atomic E-state index is 12.2. The Hall–Kier alpha value is -2.28. The van der Waals surface area contributed by atoms with Gasteiger partial charge in [0.05, 0.1) is 10.6 Å². The van der Waals surface area contributed by atoms with Crippen molar-refractivity contribution in [2.24, 2.45) is 0 Å². The van der Waals surface area contributed by atoms with Crippen molar-refractivity contribution in [1.82, 2.24) is 4.57 Å². The molecule has 106 valence electrons. The summed E-state index contributed by atoms with van der Waals surface area (Å²) >= 11 is 0. The lowest BCUT2D eigenvalue weighted by atomic mass is 10.3. The third kappa shape index (κ3) is 3.00. The summed E-state index contributed by atoms with van der Waals surface area (Å²) in [5, 5.41) is 0. The predicted octanol–water partition coefficient (Wildman–Crippen LogP) is 1.25. The largest absolute Gasteiger partial charge is 0.399 e.